The Kier molecular flexibility index (Phi) is 8.40. The Morgan fingerprint density at radius 3 is 2.46 bits per heavy atom. The van der Waals surface area contributed by atoms with Gasteiger partial charge in [0.2, 0.25) is 0 Å². The molecule has 1 aliphatic heterocycles. The lowest BCUT2D eigenvalue weighted by molar-refractivity contribution is 0.460. The summed E-state index contributed by atoms with van der Waals surface area (Å²) in [7, 11) is 1.64. The van der Waals surface area contributed by atoms with Crippen LogP contribution in [0.5, 0.6) is 0 Å². The lowest BCUT2D eigenvalue weighted by Crippen LogP contribution is -2.48. The molecule has 0 aliphatic carbocycles. The summed E-state index contributed by atoms with van der Waals surface area (Å²) in [5.41, 5.74) is 1.14. The highest BCUT2D eigenvalue weighted by Crippen LogP contribution is 2.20. The molecule has 0 spiro atoms. The number of benzene rings is 2. The monoisotopic (exact) mass is 504 g/mol. The first-order valence-corrected chi connectivity index (χ1v) is 8.97. The lowest BCUT2D eigenvalue weighted by atomic mass is 10.0. The summed E-state index contributed by atoms with van der Waals surface area (Å²) in [5.74, 6) is -0.617. The maximum Gasteiger partial charge on any atom is 0.191 e. The van der Waals surface area contributed by atoms with E-state index in [9.17, 15) is 13.2 Å². The third kappa shape index (κ3) is 6.02. The van der Waals surface area contributed by atoms with E-state index in [4.69, 9.17) is 0 Å². The maximum absolute atomic E-state index is 13.7. The van der Waals surface area contributed by atoms with Crippen LogP contribution < -0.4 is 15.5 Å². The molecule has 2 aromatic rings. The molecule has 1 fully saturated rings. The Hall–Kier alpha value is -1.97. The second-order valence-corrected chi connectivity index (χ2v) is 6.55. The van der Waals surface area contributed by atoms with E-state index in [-0.39, 0.29) is 47.9 Å². The summed E-state index contributed by atoms with van der Waals surface area (Å²) in [6.45, 7) is 1.75. The summed E-state index contributed by atoms with van der Waals surface area (Å²) >= 11 is 0. The van der Waals surface area contributed by atoms with Gasteiger partial charge in [-0.25, -0.2) is 13.2 Å². The van der Waals surface area contributed by atoms with Gasteiger partial charge in [-0.3, -0.25) is 4.99 Å². The molecule has 3 rings (SSSR count). The highest BCUT2D eigenvalue weighted by molar-refractivity contribution is 14.0. The third-order valence-corrected chi connectivity index (χ3v) is 4.69. The molecule has 28 heavy (non-hydrogen) atoms. The van der Waals surface area contributed by atoms with Gasteiger partial charge in [-0.1, -0.05) is 6.07 Å². The van der Waals surface area contributed by atoms with Crippen molar-refractivity contribution < 1.29 is 13.2 Å². The Balaban J connectivity index is 0.00000280. The largest absolute Gasteiger partial charge is 0.371 e. The minimum atomic E-state index is -0.471. The molecule has 152 valence electrons. The first-order chi connectivity index (χ1) is 13.0. The van der Waals surface area contributed by atoms with Gasteiger partial charge in [0, 0.05) is 44.0 Å². The van der Waals surface area contributed by atoms with Crippen molar-refractivity contribution in [1.82, 2.24) is 10.6 Å². The maximum atomic E-state index is 13.7. The van der Waals surface area contributed by atoms with E-state index in [1.165, 1.54) is 12.1 Å². The van der Waals surface area contributed by atoms with E-state index >= 15 is 0 Å². The molecule has 1 saturated heterocycles. The standard InChI is InChI=1S/C20H23F3N4.HI/c1-24-20(25-13-14-11-16(22)5-6-19(14)23)26-17-7-9-27(10-8-17)18-4-2-3-15(21)12-18;/h2-6,11-12,17H,7-10,13H2,1H3,(H2,24,25,26);1H. The van der Waals surface area contributed by atoms with Crippen molar-refractivity contribution in [3.05, 3.63) is 65.5 Å². The van der Waals surface area contributed by atoms with Crippen LogP contribution >= 0.6 is 24.0 Å². The summed E-state index contributed by atoms with van der Waals surface area (Å²) in [6.07, 6.45) is 1.73. The van der Waals surface area contributed by atoms with Gasteiger partial charge in [-0.05, 0) is 49.2 Å². The van der Waals surface area contributed by atoms with Crippen LogP contribution in [0.15, 0.2) is 47.5 Å². The molecule has 8 heteroatoms. The molecule has 0 amide bonds. The first-order valence-electron chi connectivity index (χ1n) is 8.97. The van der Waals surface area contributed by atoms with Gasteiger partial charge >= 0.3 is 0 Å². The molecule has 0 bridgehead atoms. The van der Waals surface area contributed by atoms with E-state index in [0.717, 1.165) is 43.8 Å². The van der Waals surface area contributed by atoms with Gasteiger partial charge < -0.3 is 15.5 Å². The molecular formula is C20H24F3IN4. The predicted molar refractivity (Wildman–Crippen MR) is 117 cm³/mol. The number of rotatable bonds is 4. The number of aliphatic imine (C=N–C) groups is 1. The molecule has 0 saturated carbocycles. The summed E-state index contributed by atoms with van der Waals surface area (Å²) in [4.78, 5) is 6.31. The normalized spacial score (nSPS) is 15.1. The number of hydrogen-bond acceptors (Lipinski definition) is 2. The summed E-state index contributed by atoms with van der Waals surface area (Å²) in [6, 6.07) is 10.2. The van der Waals surface area contributed by atoms with Crippen molar-refractivity contribution >= 4 is 35.6 Å². The topological polar surface area (TPSA) is 39.7 Å². The van der Waals surface area contributed by atoms with Gasteiger partial charge in [0.05, 0.1) is 0 Å². The summed E-state index contributed by atoms with van der Waals surface area (Å²) in [5, 5.41) is 6.34. The fraction of sp³-hybridized carbons (Fsp3) is 0.350. The second kappa shape index (κ2) is 10.5. The average molecular weight is 504 g/mol. The van der Waals surface area contributed by atoms with E-state index in [0.29, 0.717) is 5.96 Å². The van der Waals surface area contributed by atoms with Gasteiger partial charge in [-0.2, -0.15) is 0 Å². The van der Waals surface area contributed by atoms with Crippen LogP contribution in [0.2, 0.25) is 0 Å². The molecule has 4 nitrogen and oxygen atoms in total. The van der Waals surface area contributed by atoms with E-state index < -0.39 is 11.6 Å². The van der Waals surface area contributed by atoms with Crippen LogP contribution in [0.25, 0.3) is 0 Å². The van der Waals surface area contributed by atoms with Gasteiger partial charge in [0.1, 0.15) is 17.5 Å². The highest BCUT2D eigenvalue weighted by atomic mass is 127. The lowest BCUT2D eigenvalue weighted by Gasteiger charge is -2.34. The van der Waals surface area contributed by atoms with Crippen LogP contribution in [0.1, 0.15) is 18.4 Å². The SMILES string of the molecule is CN=C(NCc1cc(F)ccc1F)NC1CCN(c2cccc(F)c2)CC1.I. The molecule has 0 atom stereocenters. The average Bonchev–Trinajstić information content (AvgIpc) is 2.68. The molecule has 0 radical (unpaired) electrons. The molecule has 0 unspecified atom stereocenters. The van der Waals surface area contributed by atoms with Crippen LogP contribution in [0, 0.1) is 17.5 Å². The number of hydrogen-bond donors (Lipinski definition) is 2. The molecule has 1 aliphatic rings. The number of piperidine rings is 1. The number of halogens is 4. The van der Waals surface area contributed by atoms with E-state index in [1.807, 2.05) is 6.07 Å². The van der Waals surface area contributed by atoms with Gasteiger partial charge in [0.15, 0.2) is 5.96 Å². The van der Waals surface area contributed by atoms with Gasteiger partial charge in [-0.15, -0.1) is 24.0 Å². The number of nitrogens with one attached hydrogen (secondary N) is 2. The number of guanidine groups is 1. The quantitative estimate of drug-likeness (QED) is 0.375. The Bertz CT molecular complexity index is 808. The zero-order chi connectivity index (χ0) is 19.2. The zero-order valence-corrected chi connectivity index (χ0v) is 17.9. The minimum absolute atomic E-state index is 0. The minimum Gasteiger partial charge on any atom is -0.371 e. The van der Waals surface area contributed by atoms with Crippen LogP contribution in [0.3, 0.4) is 0 Å². The predicted octanol–water partition coefficient (Wildman–Crippen LogP) is 4.06. The van der Waals surface area contributed by atoms with E-state index in [2.05, 4.69) is 20.5 Å². The van der Waals surface area contributed by atoms with Crippen LogP contribution in [0.4, 0.5) is 18.9 Å². The zero-order valence-electron chi connectivity index (χ0n) is 15.6. The van der Waals surface area contributed by atoms with Crippen molar-refractivity contribution in [2.24, 2.45) is 4.99 Å². The van der Waals surface area contributed by atoms with Crippen LogP contribution in [-0.2, 0) is 6.54 Å². The molecular weight excluding hydrogens is 480 g/mol. The molecule has 2 N–H and O–H groups in total. The van der Waals surface area contributed by atoms with Gasteiger partial charge in [0.25, 0.3) is 0 Å². The number of anilines is 1. The Morgan fingerprint density at radius 1 is 1.07 bits per heavy atom. The van der Waals surface area contributed by atoms with Crippen molar-refractivity contribution in [3.63, 3.8) is 0 Å². The number of nitrogens with zero attached hydrogens (tertiary/aromatic N) is 2. The Labute approximate surface area is 180 Å². The van der Waals surface area contributed by atoms with Crippen molar-refractivity contribution in [2.45, 2.75) is 25.4 Å². The molecule has 1 heterocycles. The fourth-order valence-corrected chi connectivity index (χ4v) is 3.20. The fourth-order valence-electron chi connectivity index (χ4n) is 3.20. The van der Waals surface area contributed by atoms with Crippen molar-refractivity contribution in [2.75, 3.05) is 25.0 Å². The van der Waals surface area contributed by atoms with E-state index in [1.54, 1.807) is 19.2 Å². The second-order valence-electron chi connectivity index (χ2n) is 6.55. The van der Waals surface area contributed by atoms with Crippen molar-refractivity contribution in [3.8, 4) is 0 Å². The highest BCUT2D eigenvalue weighted by Gasteiger charge is 2.20. The third-order valence-electron chi connectivity index (χ3n) is 4.69. The van der Waals surface area contributed by atoms with Crippen molar-refractivity contribution in [1.29, 1.82) is 0 Å². The smallest absolute Gasteiger partial charge is 0.191 e. The Morgan fingerprint density at radius 2 is 1.79 bits per heavy atom. The summed E-state index contributed by atoms with van der Waals surface area (Å²) < 4.78 is 40.4. The molecule has 2 aromatic carbocycles. The van der Waals surface area contributed by atoms with Crippen LogP contribution in [-0.4, -0.2) is 32.1 Å². The molecule has 0 aromatic heterocycles. The first kappa shape index (κ1) is 22.3.